The molecule has 0 radical (unpaired) electrons. The summed E-state index contributed by atoms with van der Waals surface area (Å²) in [5, 5.41) is 3.68. The second kappa shape index (κ2) is 8.51. The molecule has 0 spiro atoms. The predicted molar refractivity (Wildman–Crippen MR) is 124 cm³/mol. The van der Waals surface area contributed by atoms with E-state index >= 15 is 0 Å². The predicted octanol–water partition coefficient (Wildman–Crippen LogP) is 4.59. The Balaban J connectivity index is 1.45. The van der Waals surface area contributed by atoms with Crippen molar-refractivity contribution >= 4 is 39.9 Å². The Hall–Kier alpha value is -3.39. The first-order valence-corrected chi connectivity index (χ1v) is 11.0. The van der Waals surface area contributed by atoms with Gasteiger partial charge in [-0.05, 0) is 30.7 Å². The molecule has 1 aromatic heterocycles. The third-order valence-corrected chi connectivity index (χ3v) is 6.61. The van der Waals surface area contributed by atoms with Crippen LogP contribution in [-0.4, -0.2) is 47.1 Å². The molecule has 2 aliphatic heterocycles. The van der Waals surface area contributed by atoms with Crippen molar-refractivity contribution in [2.45, 2.75) is 12.5 Å². The van der Waals surface area contributed by atoms with E-state index in [-0.39, 0.29) is 34.6 Å². The minimum Gasteiger partial charge on any atom is -0.493 e. The van der Waals surface area contributed by atoms with Crippen molar-refractivity contribution in [1.82, 2.24) is 14.9 Å². The molecule has 3 fully saturated rings. The number of carbonyl (C=O) groups excluding carboxylic acids is 1. The average molecular weight is 469 g/mol. The molecule has 2 bridgehead atoms. The number of piperidine rings is 2. The van der Waals surface area contributed by atoms with E-state index in [9.17, 15) is 9.18 Å². The maximum absolute atomic E-state index is 14.4. The van der Waals surface area contributed by atoms with Crippen molar-refractivity contribution in [3.05, 3.63) is 60.2 Å². The Morgan fingerprint density at radius 3 is 2.79 bits per heavy atom. The highest BCUT2D eigenvalue weighted by atomic mass is 35.5. The van der Waals surface area contributed by atoms with Gasteiger partial charge in [-0.15, -0.1) is 0 Å². The van der Waals surface area contributed by atoms with E-state index in [0.29, 0.717) is 41.3 Å². The Morgan fingerprint density at radius 1 is 1.27 bits per heavy atom. The Bertz CT molecular complexity index is 1240. The molecule has 170 valence electrons. The van der Waals surface area contributed by atoms with Crippen LogP contribution in [0.3, 0.4) is 0 Å². The van der Waals surface area contributed by atoms with Gasteiger partial charge in [0.1, 0.15) is 18.2 Å². The van der Waals surface area contributed by atoms with Crippen molar-refractivity contribution in [1.29, 1.82) is 0 Å². The number of aromatic nitrogens is 2. The molecule has 3 heterocycles. The van der Waals surface area contributed by atoms with Crippen molar-refractivity contribution in [2.75, 3.05) is 25.5 Å². The molecule has 1 amide bonds. The summed E-state index contributed by atoms with van der Waals surface area (Å²) in [4.78, 5) is 22.4. The third kappa shape index (κ3) is 3.84. The van der Waals surface area contributed by atoms with Gasteiger partial charge in [0.25, 0.3) is 0 Å². The van der Waals surface area contributed by atoms with Gasteiger partial charge in [-0.1, -0.05) is 24.2 Å². The highest BCUT2D eigenvalue weighted by Crippen LogP contribution is 2.45. The second-order valence-corrected chi connectivity index (χ2v) is 8.66. The lowest BCUT2D eigenvalue weighted by Crippen LogP contribution is -2.61. The van der Waals surface area contributed by atoms with Crippen LogP contribution >= 0.6 is 11.6 Å². The summed E-state index contributed by atoms with van der Waals surface area (Å²) < 4.78 is 26.4. The quantitative estimate of drug-likeness (QED) is 0.533. The molecule has 3 atom stereocenters. The minimum atomic E-state index is -0.558. The Labute approximate surface area is 195 Å². The number of carbonyl (C=O) groups is 1. The fraction of sp³-hybridized carbons (Fsp3) is 0.292. The van der Waals surface area contributed by atoms with Crippen LogP contribution in [0.2, 0.25) is 5.02 Å². The molecular weight excluding hydrogens is 447 g/mol. The number of hydrogen-bond acceptors (Lipinski definition) is 6. The number of ether oxygens (including phenoxy) is 2. The second-order valence-electron chi connectivity index (χ2n) is 8.25. The summed E-state index contributed by atoms with van der Waals surface area (Å²) in [6, 6.07) is 8.30. The maximum atomic E-state index is 14.4. The van der Waals surface area contributed by atoms with Gasteiger partial charge in [-0.3, -0.25) is 4.79 Å². The standard InChI is InChI=1S/C24H22ClFN4O3/c1-3-21(31)30-10-13-7-14(11-30)23(13)33-20-8-15-18(9-19(20)32-2)27-12-28-24(15)29-17-6-4-5-16(25)22(17)26/h3-6,8-9,12-14,23H,1,7,10-11H2,2H3,(H,27,28,29)/t13-,14+,23?. The van der Waals surface area contributed by atoms with Crippen LogP contribution in [0.25, 0.3) is 10.9 Å². The van der Waals surface area contributed by atoms with Crippen LogP contribution in [-0.2, 0) is 4.79 Å². The zero-order valence-electron chi connectivity index (χ0n) is 17.9. The zero-order chi connectivity index (χ0) is 23.1. The molecule has 3 aliphatic rings. The first kappa shape index (κ1) is 21.5. The molecule has 7 nitrogen and oxygen atoms in total. The largest absolute Gasteiger partial charge is 0.493 e. The van der Waals surface area contributed by atoms with E-state index in [1.54, 1.807) is 31.4 Å². The molecule has 1 unspecified atom stereocenters. The minimum absolute atomic E-state index is 0.0170. The van der Waals surface area contributed by atoms with Crippen LogP contribution in [0, 0.1) is 17.7 Å². The van der Waals surface area contributed by atoms with Crippen LogP contribution < -0.4 is 14.8 Å². The van der Waals surface area contributed by atoms with Crippen LogP contribution in [0.4, 0.5) is 15.9 Å². The molecule has 1 saturated carbocycles. The van der Waals surface area contributed by atoms with E-state index in [4.69, 9.17) is 21.1 Å². The van der Waals surface area contributed by atoms with Crippen LogP contribution in [0.1, 0.15) is 6.42 Å². The maximum Gasteiger partial charge on any atom is 0.245 e. The molecule has 2 saturated heterocycles. The Morgan fingerprint density at radius 2 is 2.06 bits per heavy atom. The van der Waals surface area contributed by atoms with E-state index in [2.05, 4.69) is 21.9 Å². The molecule has 1 aliphatic carbocycles. The molecule has 1 N–H and O–H groups in total. The average Bonchev–Trinajstić information content (AvgIpc) is 2.84. The fourth-order valence-electron chi connectivity index (χ4n) is 4.63. The van der Waals surface area contributed by atoms with Crippen molar-refractivity contribution in [3.8, 4) is 11.5 Å². The van der Waals surface area contributed by atoms with Gasteiger partial charge in [-0.2, -0.15) is 0 Å². The third-order valence-electron chi connectivity index (χ3n) is 6.32. The highest BCUT2D eigenvalue weighted by molar-refractivity contribution is 6.31. The number of nitrogens with zero attached hydrogens (tertiary/aromatic N) is 3. The van der Waals surface area contributed by atoms with E-state index < -0.39 is 5.82 Å². The molecule has 3 aromatic rings. The molecule has 6 rings (SSSR count). The number of fused-ring (bicyclic) bond motifs is 3. The Kier molecular flexibility index (Phi) is 5.54. The number of halogens is 2. The lowest BCUT2D eigenvalue weighted by molar-refractivity contribution is -0.142. The lowest BCUT2D eigenvalue weighted by atomic mass is 9.68. The first-order chi connectivity index (χ1) is 16.0. The molecule has 33 heavy (non-hydrogen) atoms. The fourth-order valence-corrected chi connectivity index (χ4v) is 4.81. The van der Waals surface area contributed by atoms with Gasteiger partial charge >= 0.3 is 0 Å². The van der Waals surface area contributed by atoms with Gasteiger partial charge in [0, 0.05) is 36.4 Å². The lowest BCUT2D eigenvalue weighted by Gasteiger charge is -2.52. The van der Waals surface area contributed by atoms with Crippen LogP contribution in [0.15, 0.2) is 49.3 Å². The van der Waals surface area contributed by atoms with Gasteiger partial charge in [-0.25, -0.2) is 14.4 Å². The normalized spacial score (nSPS) is 21.3. The summed E-state index contributed by atoms with van der Waals surface area (Å²) in [6.45, 7) is 4.86. The summed E-state index contributed by atoms with van der Waals surface area (Å²) in [7, 11) is 1.57. The number of methoxy groups -OCH3 is 1. The number of anilines is 2. The topological polar surface area (TPSA) is 76.6 Å². The van der Waals surface area contributed by atoms with E-state index in [1.807, 2.05) is 4.90 Å². The van der Waals surface area contributed by atoms with Gasteiger partial charge in [0.05, 0.1) is 23.3 Å². The number of nitrogens with one attached hydrogen (secondary N) is 1. The van der Waals surface area contributed by atoms with Gasteiger partial charge in [0.15, 0.2) is 17.3 Å². The summed E-state index contributed by atoms with van der Waals surface area (Å²) >= 11 is 5.91. The number of amides is 1. The van der Waals surface area contributed by atoms with Crippen molar-refractivity contribution < 1.29 is 18.7 Å². The van der Waals surface area contributed by atoms with Crippen molar-refractivity contribution in [3.63, 3.8) is 0 Å². The SMILES string of the molecule is C=CC(=O)N1C[C@H]2C[C@@H](C1)C2Oc1cc2c(Nc3cccc(Cl)c3F)ncnc2cc1OC. The van der Waals surface area contributed by atoms with E-state index in [1.165, 1.54) is 18.5 Å². The number of benzene rings is 2. The first-order valence-electron chi connectivity index (χ1n) is 10.6. The van der Waals surface area contributed by atoms with Crippen molar-refractivity contribution in [2.24, 2.45) is 11.8 Å². The molecular formula is C24H22ClFN4O3. The van der Waals surface area contributed by atoms with Gasteiger partial charge in [0.2, 0.25) is 5.91 Å². The summed E-state index contributed by atoms with van der Waals surface area (Å²) in [5.74, 6) is 1.41. The molecule has 9 heteroatoms. The smallest absolute Gasteiger partial charge is 0.245 e. The van der Waals surface area contributed by atoms with E-state index in [0.717, 1.165) is 6.42 Å². The number of hydrogen-bond donors (Lipinski definition) is 1. The number of rotatable bonds is 6. The monoisotopic (exact) mass is 468 g/mol. The zero-order valence-corrected chi connectivity index (χ0v) is 18.7. The summed E-state index contributed by atoms with van der Waals surface area (Å²) in [5.41, 5.74) is 0.831. The van der Waals surface area contributed by atoms with Crippen LogP contribution in [0.5, 0.6) is 11.5 Å². The van der Waals surface area contributed by atoms with Gasteiger partial charge < -0.3 is 19.7 Å². The highest BCUT2D eigenvalue weighted by Gasteiger charge is 2.49. The summed E-state index contributed by atoms with van der Waals surface area (Å²) in [6.07, 6.45) is 3.75. The molecule has 2 aromatic carbocycles.